The molecule has 4 nitrogen and oxygen atoms in total. The van der Waals surface area contributed by atoms with Crippen molar-refractivity contribution >= 4 is 6.03 Å². The Morgan fingerprint density at radius 1 is 1.04 bits per heavy atom. The van der Waals surface area contributed by atoms with Gasteiger partial charge < -0.3 is 15.3 Å². The number of rotatable bonds is 4. The Balaban J connectivity index is 1.54. The Bertz CT molecular complexity index is 810. The van der Waals surface area contributed by atoms with Crippen LogP contribution in [0, 0.1) is 6.92 Å². The summed E-state index contributed by atoms with van der Waals surface area (Å²) in [5.41, 5.74) is 5.02. The Kier molecular flexibility index (Phi) is 5.67. The van der Waals surface area contributed by atoms with Crippen molar-refractivity contribution in [3.8, 4) is 0 Å². The maximum atomic E-state index is 13.3. The van der Waals surface area contributed by atoms with Crippen LogP contribution in [0.1, 0.15) is 60.4 Å². The van der Waals surface area contributed by atoms with E-state index in [1.54, 1.807) is 0 Å². The summed E-state index contributed by atoms with van der Waals surface area (Å²) in [6.45, 7) is 2.69. The third-order valence-corrected chi connectivity index (χ3v) is 6.24. The predicted octanol–water partition coefficient (Wildman–Crippen LogP) is 4.50. The fraction of sp³-hybridized carbons (Fsp3) is 0.458. The maximum absolute atomic E-state index is 13.3. The fourth-order valence-electron chi connectivity index (χ4n) is 4.55. The maximum Gasteiger partial charge on any atom is 0.318 e. The minimum Gasteiger partial charge on any atom is -0.393 e. The van der Waals surface area contributed by atoms with E-state index in [0.29, 0.717) is 6.54 Å². The van der Waals surface area contributed by atoms with Crippen molar-refractivity contribution in [2.45, 2.75) is 70.2 Å². The highest BCUT2D eigenvalue weighted by Crippen LogP contribution is 2.36. The first-order valence-electron chi connectivity index (χ1n) is 10.5. The summed E-state index contributed by atoms with van der Waals surface area (Å²) >= 11 is 0. The molecule has 0 saturated heterocycles. The first-order valence-corrected chi connectivity index (χ1v) is 10.5. The number of urea groups is 1. The van der Waals surface area contributed by atoms with E-state index in [9.17, 15) is 9.90 Å². The number of fused-ring (bicyclic) bond motifs is 1. The Morgan fingerprint density at radius 2 is 1.75 bits per heavy atom. The fourth-order valence-corrected chi connectivity index (χ4v) is 4.55. The van der Waals surface area contributed by atoms with Gasteiger partial charge in [-0.25, -0.2) is 4.79 Å². The molecule has 2 aliphatic rings. The molecule has 1 fully saturated rings. The molecular weight excluding hydrogens is 348 g/mol. The van der Waals surface area contributed by atoms with Gasteiger partial charge in [-0.2, -0.15) is 0 Å². The summed E-state index contributed by atoms with van der Waals surface area (Å²) in [5.74, 6) is 0. The molecule has 1 saturated carbocycles. The van der Waals surface area contributed by atoms with E-state index in [0.717, 1.165) is 44.1 Å². The molecule has 0 bridgehead atoms. The van der Waals surface area contributed by atoms with Crippen LogP contribution in [0.25, 0.3) is 0 Å². The quantitative estimate of drug-likeness (QED) is 0.823. The van der Waals surface area contributed by atoms with Gasteiger partial charge in [-0.3, -0.25) is 0 Å². The minimum absolute atomic E-state index is 0.0173. The molecule has 0 heterocycles. The monoisotopic (exact) mass is 378 g/mol. The second kappa shape index (κ2) is 8.36. The Labute approximate surface area is 167 Å². The number of nitrogens with zero attached hydrogens (tertiary/aromatic N) is 1. The highest BCUT2D eigenvalue weighted by Gasteiger charge is 2.32. The molecular formula is C24H30N2O2. The number of carbonyl (C=O) groups excluding carboxylic acids is 1. The van der Waals surface area contributed by atoms with Gasteiger partial charge in [0, 0.05) is 12.6 Å². The number of aryl methyl sites for hydroxylation is 2. The van der Waals surface area contributed by atoms with Crippen LogP contribution in [0.5, 0.6) is 0 Å². The number of hydrogen-bond donors (Lipinski definition) is 2. The molecule has 0 radical (unpaired) electrons. The predicted molar refractivity (Wildman–Crippen MR) is 111 cm³/mol. The number of hydrogen-bond acceptors (Lipinski definition) is 2. The molecule has 148 valence electrons. The lowest BCUT2D eigenvalue weighted by atomic mass is 9.93. The zero-order valence-electron chi connectivity index (χ0n) is 16.6. The summed E-state index contributed by atoms with van der Waals surface area (Å²) in [4.78, 5) is 15.3. The molecule has 2 aromatic rings. The van der Waals surface area contributed by atoms with Gasteiger partial charge in [0.15, 0.2) is 0 Å². The number of nitrogens with one attached hydrogen (secondary N) is 1. The molecule has 1 atom stereocenters. The largest absolute Gasteiger partial charge is 0.393 e. The van der Waals surface area contributed by atoms with Gasteiger partial charge >= 0.3 is 6.03 Å². The van der Waals surface area contributed by atoms with Crippen LogP contribution in [0.15, 0.2) is 48.5 Å². The number of aliphatic hydroxyl groups is 1. The average Bonchev–Trinajstić information content (AvgIpc) is 3.13. The van der Waals surface area contributed by atoms with Crippen LogP contribution in [-0.2, 0) is 13.0 Å². The van der Waals surface area contributed by atoms with Crippen LogP contribution in [-0.4, -0.2) is 28.2 Å². The van der Waals surface area contributed by atoms with Crippen LogP contribution in [0.2, 0.25) is 0 Å². The van der Waals surface area contributed by atoms with Crippen LogP contribution in [0.3, 0.4) is 0 Å². The highest BCUT2D eigenvalue weighted by molar-refractivity contribution is 5.75. The lowest BCUT2D eigenvalue weighted by molar-refractivity contribution is 0.112. The minimum atomic E-state index is -0.210. The topological polar surface area (TPSA) is 52.6 Å². The summed E-state index contributed by atoms with van der Waals surface area (Å²) in [6, 6.07) is 17.2. The molecule has 28 heavy (non-hydrogen) atoms. The van der Waals surface area contributed by atoms with Gasteiger partial charge in [-0.15, -0.1) is 0 Å². The Morgan fingerprint density at radius 3 is 2.50 bits per heavy atom. The second-order valence-electron chi connectivity index (χ2n) is 8.32. The van der Waals surface area contributed by atoms with Crippen molar-refractivity contribution in [1.29, 1.82) is 0 Å². The number of amides is 2. The Hall–Kier alpha value is -2.33. The summed E-state index contributed by atoms with van der Waals surface area (Å²) < 4.78 is 0. The van der Waals surface area contributed by atoms with E-state index < -0.39 is 0 Å². The lowest BCUT2D eigenvalue weighted by Gasteiger charge is -2.33. The zero-order valence-corrected chi connectivity index (χ0v) is 16.6. The van der Waals surface area contributed by atoms with Crippen LogP contribution >= 0.6 is 0 Å². The van der Waals surface area contributed by atoms with Gasteiger partial charge in [0.1, 0.15) is 0 Å². The average molecular weight is 379 g/mol. The zero-order chi connectivity index (χ0) is 19.5. The molecule has 2 amide bonds. The number of aliphatic hydroxyl groups excluding tert-OH is 1. The molecule has 0 spiro atoms. The molecule has 2 aromatic carbocycles. The third kappa shape index (κ3) is 4.22. The molecule has 4 rings (SSSR count). The van der Waals surface area contributed by atoms with Crippen LogP contribution < -0.4 is 5.32 Å². The summed E-state index contributed by atoms with van der Waals surface area (Å²) in [5, 5.41) is 13.0. The van der Waals surface area contributed by atoms with Crippen molar-refractivity contribution in [3.05, 3.63) is 70.8 Å². The van der Waals surface area contributed by atoms with Crippen molar-refractivity contribution in [2.24, 2.45) is 0 Å². The van der Waals surface area contributed by atoms with E-state index >= 15 is 0 Å². The molecule has 4 heteroatoms. The number of carbonyl (C=O) groups is 1. The first-order chi connectivity index (χ1) is 13.6. The van der Waals surface area contributed by atoms with E-state index in [2.05, 4.69) is 60.8 Å². The molecule has 2 aliphatic carbocycles. The van der Waals surface area contributed by atoms with Gasteiger partial charge in [0.2, 0.25) is 0 Å². The normalized spacial score (nSPS) is 23.9. The van der Waals surface area contributed by atoms with Gasteiger partial charge in [0.25, 0.3) is 0 Å². The summed E-state index contributed by atoms with van der Waals surface area (Å²) in [7, 11) is 0. The smallest absolute Gasteiger partial charge is 0.318 e. The standard InChI is InChI=1S/C24H30N2O2/c1-17-6-8-18(9-7-17)16-26(23-15-10-19-4-2-3-5-22(19)23)24(28)25-20-11-13-21(27)14-12-20/h2-9,20-21,23,27H,10-16H2,1H3,(H,25,28)/t20?,21?,23-/m1/s1. The molecule has 0 aliphatic heterocycles. The van der Waals surface area contributed by atoms with Crippen LogP contribution in [0.4, 0.5) is 4.79 Å². The van der Waals surface area contributed by atoms with Gasteiger partial charge in [-0.1, -0.05) is 54.1 Å². The van der Waals surface area contributed by atoms with E-state index in [4.69, 9.17) is 0 Å². The highest BCUT2D eigenvalue weighted by atomic mass is 16.3. The van der Waals surface area contributed by atoms with Crippen molar-refractivity contribution in [1.82, 2.24) is 10.2 Å². The third-order valence-electron chi connectivity index (χ3n) is 6.24. The van der Waals surface area contributed by atoms with E-state index in [1.165, 1.54) is 16.7 Å². The van der Waals surface area contributed by atoms with Crippen molar-refractivity contribution < 1.29 is 9.90 Å². The van der Waals surface area contributed by atoms with Gasteiger partial charge in [0.05, 0.1) is 12.1 Å². The van der Waals surface area contributed by atoms with Crippen molar-refractivity contribution in [2.75, 3.05) is 0 Å². The lowest BCUT2D eigenvalue weighted by Crippen LogP contribution is -2.47. The van der Waals surface area contributed by atoms with Crippen molar-refractivity contribution in [3.63, 3.8) is 0 Å². The second-order valence-corrected chi connectivity index (χ2v) is 8.32. The summed E-state index contributed by atoms with van der Waals surface area (Å²) in [6.07, 6.45) is 5.04. The first kappa shape index (κ1) is 19.0. The van der Waals surface area contributed by atoms with E-state index in [-0.39, 0.29) is 24.2 Å². The van der Waals surface area contributed by atoms with Gasteiger partial charge in [-0.05, 0) is 62.1 Å². The number of benzene rings is 2. The SMILES string of the molecule is Cc1ccc(CN(C(=O)NC2CCC(O)CC2)[C@@H]2CCc3ccccc32)cc1. The molecule has 2 N–H and O–H groups in total. The van der Waals surface area contributed by atoms with E-state index in [1.807, 2.05) is 4.90 Å². The molecule has 0 aromatic heterocycles. The molecule has 0 unspecified atom stereocenters.